The van der Waals surface area contributed by atoms with Crippen molar-refractivity contribution in [1.29, 1.82) is 0 Å². The van der Waals surface area contributed by atoms with Crippen LogP contribution in [0.1, 0.15) is 10.4 Å². The van der Waals surface area contributed by atoms with Gasteiger partial charge in [0.15, 0.2) is 9.84 Å². The molecule has 1 aromatic heterocycles. The second kappa shape index (κ2) is 5.02. The highest BCUT2D eigenvalue weighted by molar-refractivity contribution is 7.90. The number of carbonyl (C=O) groups is 1. The Morgan fingerprint density at radius 3 is 2.63 bits per heavy atom. The summed E-state index contributed by atoms with van der Waals surface area (Å²) in [6.45, 7) is 0. The normalized spacial score (nSPS) is 11.2. The fourth-order valence-electron chi connectivity index (χ4n) is 1.51. The van der Waals surface area contributed by atoms with Gasteiger partial charge in [0.25, 0.3) is 5.91 Å². The molecule has 0 fully saturated rings. The van der Waals surface area contributed by atoms with E-state index in [9.17, 15) is 13.2 Å². The van der Waals surface area contributed by atoms with Gasteiger partial charge in [-0.2, -0.15) is 11.3 Å². The molecular formula is C12H12N2O3S2. The average molecular weight is 296 g/mol. The van der Waals surface area contributed by atoms with Gasteiger partial charge in [0, 0.05) is 22.9 Å². The standard InChI is InChI=1S/C12H12N2O3S2/c1-19(16,17)11-5-8(4-9(13)6-11)12(15)14-10-2-3-18-7-10/h2-7H,13H2,1H3,(H,14,15). The Morgan fingerprint density at radius 2 is 2.05 bits per heavy atom. The molecule has 2 rings (SSSR count). The van der Waals surface area contributed by atoms with Gasteiger partial charge in [-0.25, -0.2) is 8.42 Å². The summed E-state index contributed by atoms with van der Waals surface area (Å²) in [5, 5.41) is 6.27. The molecule has 1 heterocycles. The third-order valence-corrected chi connectivity index (χ3v) is 4.17. The van der Waals surface area contributed by atoms with Crippen molar-refractivity contribution >= 4 is 38.5 Å². The van der Waals surface area contributed by atoms with E-state index in [4.69, 9.17) is 5.73 Å². The van der Waals surface area contributed by atoms with Crippen molar-refractivity contribution in [2.45, 2.75) is 4.90 Å². The summed E-state index contributed by atoms with van der Waals surface area (Å²) in [7, 11) is -3.40. The maximum absolute atomic E-state index is 12.0. The molecular weight excluding hydrogens is 284 g/mol. The van der Waals surface area contributed by atoms with E-state index in [-0.39, 0.29) is 16.1 Å². The minimum Gasteiger partial charge on any atom is -0.399 e. The molecule has 0 aliphatic carbocycles. The molecule has 7 heteroatoms. The van der Waals surface area contributed by atoms with Gasteiger partial charge >= 0.3 is 0 Å². The number of amides is 1. The minimum absolute atomic E-state index is 0.0305. The number of hydrogen-bond donors (Lipinski definition) is 2. The van der Waals surface area contributed by atoms with E-state index in [1.54, 1.807) is 11.4 Å². The van der Waals surface area contributed by atoms with Crippen LogP contribution in [0.25, 0.3) is 0 Å². The first kappa shape index (κ1) is 13.6. The summed E-state index contributed by atoms with van der Waals surface area (Å²) >= 11 is 1.45. The zero-order valence-corrected chi connectivity index (χ0v) is 11.7. The summed E-state index contributed by atoms with van der Waals surface area (Å²) in [6.07, 6.45) is 1.07. The topological polar surface area (TPSA) is 89.3 Å². The maximum atomic E-state index is 12.0. The zero-order valence-electron chi connectivity index (χ0n) is 10.1. The number of anilines is 2. The molecule has 0 radical (unpaired) electrons. The molecule has 3 N–H and O–H groups in total. The van der Waals surface area contributed by atoms with Crippen LogP contribution < -0.4 is 11.1 Å². The number of thiophene rings is 1. The number of rotatable bonds is 3. The maximum Gasteiger partial charge on any atom is 0.255 e. The average Bonchev–Trinajstić information content (AvgIpc) is 2.79. The molecule has 0 unspecified atom stereocenters. The Balaban J connectivity index is 2.35. The SMILES string of the molecule is CS(=O)(=O)c1cc(N)cc(C(=O)Nc2ccsc2)c1. The molecule has 0 aliphatic rings. The van der Waals surface area contributed by atoms with E-state index < -0.39 is 15.7 Å². The Morgan fingerprint density at radius 1 is 1.32 bits per heavy atom. The third kappa shape index (κ3) is 3.33. The number of nitrogen functional groups attached to an aromatic ring is 1. The van der Waals surface area contributed by atoms with Crippen molar-refractivity contribution in [3.8, 4) is 0 Å². The molecule has 19 heavy (non-hydrogen) atoms. The van der Waals surface area contributed by atoms with Gasteiger partial charge in [0.2, 0.25) is 0 Å². The monoisotopic (exact) mass is 296 g/mol. The fraction of sp³-hybridized carbons (Fsp3) is 0.0833. The smallest absolute Gasteiger partial charge is 0.255 e. The van der Waals surface area contributed by atoms with Crippen molar-refractivity contribution in [2.24, 2.45) is 0 Å². The van der Waals surface area contributed by atoms with E-state index in [0.717, 1.165) is 6.26 Å². The molecule has 5 nitrogen and oxygen atoms in total. The molecule has 0 atom stereocenters. The first-order valence-corrected chi connectivity index (χ1v) is 8.14. The minimum atomic E-state index is -3.40. The first-order valence-electron chi connectivity index (χ1n) is 5.30. The van der Waals surface area contributed by atoms with E-state index in [1.165, 1.54) is 29.5 Å². The number of nitrogens with two attached hydrogens (primary N) is 1. The molecule has 0 spiro atoms. The summed E-state index contributed by atoms with van der Waals surface area (Å²) in [5.74, 6) is -0.393. The van der Waals surface area contributed by atoms with Gasteiger partial charge in [0.1, 0.15) is 0 Å². The summed E-state index contributed by atoms with van der Waals surface area (Å²) < 4.78 is 23.0. The van der Waals surface area contributed by atoms with Crippen LogP contribution in [0, 0.1) is 0 Å². The van der Waals surface area contributed by atoms with E-state index in [1.807, 2.05) is 5.38 Å². The predicted octanol–water partition coefficient (Wildman–Crippen LogP) is 1.99. The molecule has 0 bridgehead atoms. The lowest BCUT2D eigenvalue weighted by molar-refractivity contribution is 0.102. The van der Waals surface area contributed by atoms with Gasteiger partial charge < -0.3 is 11.1 Å². The van der Waals surface area contributed by atoms with Crippen LogP contribution in [0.3, 0.4) is 0 Å². The number of nitrogens with one attached hydrogen (secondary N) is 1. The number of sulfone groups is 1. The summed E-state index contributed by atoms with van der Waals surface area (Å²) in [6, 6.07) is 5.84. The lowest BCUT2D eigenvalue weighted by Gasteiger charge is -2.06. The number of hydrogen-bond acceptors (Lipinski definition) is 5. The van der Waals surface area contributed by atoms with Crippen LogP contribution in [0.4, 0.5) is 11.4 Å². The molecule has 0 saturated carbocycles. The third-order valence-electron chi connectivity index (χ3n) is 2.40. The van der Waals surface area contributed by atoms with Crippen LogP contribution >= 0.6 is 11.3 Å². The molecule has 1 amide bonds. The lowest BCUT2D eigenvalue weighted by Crippen LogP contribution is -2.13. The molecule has 2 aromatic rings. The van der Waals surface area contributed by atoms with Gasteiger partial charge in [-0.1, -0.05) is 0 Å². The van der Waals surface area contributed by atoms with Crippen LogP contribution in [0.2, 0.25) is 0 Å². The van der Waals surface area contributed by atoms with E-state index in [0.29, 0.717) is 5.69 Å². The highest BCUT2D eigenvalue weighted by Gasteiger charge is 2.13. The van der Waals surface area contributed by atoms with Crippen molar-refractivity contribution in [2.75, 3.05) is 17.3 Å². The fourth-order valence-corrected chi connectivity index (χ4v) is 2.79. The molecule has 0 saturated heterocycles. The number of benzene rings is 1. The quantitative estimate of drug-likeness (QED) is 0.848. The lowest BCUT2D eigenvalue weighted by atomic mass is 10.2. The second-order valence-corrected chi connectivity index (χ2v) is 6.82. The van der Waals surface area contributed by atoms with Gasteiger partial charge in [-0.3, -0.25) is 4.79 Å². The van der Waals surface area contributed by atoms with Crippen molar-refractivity contribution < 1.29 is 13.2 Å². The van der Waals surface area contributed by atoms with Gasteiger partial charge in [-0.05, 0) is 29.6 Å². The first-order chi connectivity index (χ1) is 8.86. The Kier molecular flexibility index (Phi) is 3.59. The Hall–Kier alpha value is -1.86. The molecule has 1 aromatic carbocycles. The summed E-state index contributed by atoms with van der Waals surface area (Å²) in [5.41, 5.74) is 6.74. The highest BCUT2D eigenvalue weighted by atomic mass is 32.2. The second-order valence-electron chi connectivity index (χ2n) is 4.03. The Labute approximate surface area is 115 Å². The van der Waals surface area contributed by atoms with Crippen LogP contribution in [-0.2, 0) is 9.84 Å². The van der Waals surface area contributed by atoms with Crippen molar-refractivity contribution in [3.05, 3.63) is 40.6 Å². The van der Waals surface area contributed by atoms with Crippen LogP contribution in [0.15, 0.2) is 39.9 Å². The predicted molar refractivity (Wildman–Crippen MR) is 76.2 cm³/mol. The Bertz CT molecular complexity index is 707. The molecule has 100 valence electrons. The number of carbonyl (C=O) groups excluding carboxylic acids is 1. The van der Waals surface area contributed by atoms with Crippen LogP contribution in [0.5, 0.6) is 0 Å². The molecule has 0 aliphatic heterocycles. The van der Waals surface area contributed by atoms with Gasteiger partial charge in [0.05, 0.1) is 10.6 Å². The van der Waals surface area contributed by atoms with Gasteiger partial charge in [-0.15, -0.1) is 0 Å². The highest BCUT2D eigenvalue weighted by Crippen LogP contribution is 2.19. The zero-order chi connectivity index (χ0) is 14.0. The largest absolute Gasteiger partial charge is 0.399 e. The van der Waals surface area contributed by atoms with Crippen LogP contribution in [-0.4, -0.2) is 20.6 Å². The van der Waals surface area contributed by atoms with Crippen molar-refractivity contribution in [3.63, 3.8) is 0 Å². The summed E-state index contributed by atoms with van der Waals surface area (Å²) in [4.78, 5) is 12.0. The van der Waals surface area contributed by atoms with Crippen molar-refractivity contribution in [1.82, 2.24) is 0 Å². The van der Waals surface area contributed by atoms with E-state index >= 15 is 0 Å². The van der Waals surface area contributed by atoms with E-state index in [2.05, 4.69) is 5.32 Å².